The topological polar surface area (TPSA) is 75.4 Å². The lowest BCUT2D eigenvalue weighted by Gasteiger charge is -2.20. The number of carbonyl (C=O) groups is 2. The molecule has 1 aromatic heterocycles. The zero-order valence-corrected chi connectivity index (χ0v) is 13.2. The molecule has 0 aliphatic rings. The number of benzene rings is 1. The van der Waals surface area contributed by atoms with Gasteiger partial charge in [-0.3, -0.25) is 4.79 Å². The first kappa shape index (κ1) is 16.0. The van der Waals surface area contributed by atoms with Gasteiger partial charge in [0.1, 0.15) is 0 Å². The van der Waals surface area contributed by atoms with Crippen molar-refractivity contribution in [2.24, 2.45) is 5.73 Å². The summed E-state index contributed by atoms with van der Waals surface area (Å²) in [5, 5.41) is 4.53. The summed E-state index contributed by atoms with van der Waals surface area (Å²) in [7, 11) is 0. The van der Waals surface area contributed by atoms with Crippen LogP contribution in [0.1, 0.15) is 27.7 Å². The summed E-state index contributed by atoms with van der Waals surface area (Å²) in [6.07, 6.45) is 0. The van der Waals surface area contributed by atoms with E-state index in [4.69, 9.17) is 5.73 Å². The molecule has 0 aliphatic heterocycles. The van der Waals surface area contributed by atoms with Crippen LogP contribution in [0.15, 0.2) is 41.8 Å². The van der Waals surface area contributed by atoms with E-state index in [9.17, 15) is 9.59 Å². The van der Waals surface area contributed by atoms with Gasteiger partial charge in [0.15, 0.2) is 0 Å². The molecule has 116 valence electrons. The van der Waals surface area contributed by atoms with Crippen LogP contribution in [0.4, 0.5) is 4.79 Å². The Bertz CT molecular complexity index is 623. The highest BCUT2D eigenvalue weighted by molar-refractivity contribution is 7.09. The van der Waals surface area contributed by atoms with Crippen LogP contribution in [-0.4, -0.2) is 23.4 Å². The Morgan fingerprint density at radius 3 is 2.50 bits per heavy atom. The van der Waals surface area contributed by atoms with Crippen molar-refractivity contribution in [1.29, 1.82) is 0 Å². The smallest absolute Gasteiger partial charge is 0.312 e. The summed E-state index contributed by atoms with van der Waals surface area (Å²) < 4.78 is 0. The molecule has 3 N–H and O–H groups in total. The summed E-state index contributed by atoms with van der Waals surface area (Å²) in [6, 6.07) is 10.6. The third-order valence-corrected chi connectivity index (χ3v) is 4.12. The average molecular weight is 317 g/mol. The lowest BCUT2D eigenvalue weighted by Crippen LogP contribution is -2.30. The van der Waals surface area contributed by atoms with E-state index in [2.05, 4.69) is 5.32 Å². The lowest BCUT2D eigenvalue weighted by atomic mass is 10.1. The van der Waals surface area contributed by atoms with Crippen molar-refractivity contribution in [3.8, 4) is 0 Å². The maximum absolute atomic E-state index is 12.5. The first-order valence-electron chi connectivity index (χ1n) is 7.04. The molecule has 0 fully saturated rings. The van der Waals surface area contributed by atoms with Crippen molar-refractivity contribution in [1.82, 2.24) is 10.2 Å². The van der Waals surface area contributed by atoms with Crippen LogP contribution in [0.2, 0.25) is 0 Å². The van der Waals surface area contributed by atoms with E-state index in [-0.39, 0.29) is 5.91 Å². The van der Waals surface area contributed by atoms with Gasteiger partial charge in [0.2, 0.25) is 0 Å². The molecule has 22 heavy (non-hydrogen) atoms. The number of primary amides is 1. The molecular formula is C16H19N3O2S. The van der Waals surface area contributed by atoms with Gasteiger partial charge in [-0.25, -0.2) is 4.79 Å². The minimum Gasteiger partial charge on any atom is -0.352 e. The van der Waals surface area contributed by atoms with Gasteiger partial charge in [0.05, 0.1) is 6.54 Å². The Kier molecular flexibility index (Phi) is 5.55. The average Bonchev–Trinajstić information content (AvgIpc) is 3.03. The molecule has 1 heterocycles. The van der Waals surface area contributed by atoms with E-state index in [0.717, 1.165) is 10.4 Å². The summed E-state index contributed by atoms with van der Waals surface area (Å²) >= 11 is 1.65. The molecule has 5 nitrogen and oxygen atoms in total. The Hall–Kier alpha value is -2.34. The quantitative estimate of drug-likeness (QED) is 0.859. The Morgan fingerprint density at radius 2 is 1.95 bits per heavy atom. The molecule has 6 heteroatoms. The van der Waals surface area contributed by atoms with Crippen molar-refractivity contribution in [2.45, 2.75) is 20.0 Å². The normalized spacial score (nSPS) is 10.2. The highest BCUT2D eigenvalue weighted by atomic mass is 32.1. The number of nitrogens with two attached hydrogens (primary N) is 1. The van der Waals surface area contributed by atoms with Crippen LogP contribution in [0.5, 0.6) is 0 Å². The number of hydrogen-bond acceptors (Lipinski definition) is 3. The molecule has 0 spiro atoms. The maximum atomic E-state index is 12.5. The molecule has 0 atom stereocenters. The van der Waals surface area contributed by atoms with Crippen molar-refractivity contribution in [2.75, 3.05) is 6.54 Å². The molecule has 2 aromatic rings. The van der Waals surface area contributed by atoms with Crippen LogP contribution in [0.3, 0.4) is 0 Å². The zero-order valence-electron chi connectivity index (χ0n) is 12.4. The number of nitrogens with one attached hydrogen (secondary N) is 1. The molecule has 0 bridgehead atoms. The van der Waals surface area contributed by atoms with Gasteiger partial charge < -0.3 is 16.0 Å². The van der Waals surface area contributed by atoms with Gasteiger partial charge in [0.25, 0.3) is 5.91 Å². The fourth-order valence-electron chi connectivity index (χ4n) is 2.05. The minimum absolute atomic E-state index is 0.00492. The van der Waals surface area contributed by atoms with E-state index < -0.39 is 6.03 Å². The van der Waals surface area contributed by atoms with E-state index >= 15 is 0 Å². The number of hydrogen-bond donors (Lipinski definition) is 2. The number of nitrogens with zero attached hydrogens (tertiary/aromatic N) is 1. The van der Waals surface area contributed by atoms with Gasteiger partial charge in [-0.2, -0.15) is 0 Å². The zero-order chi connectivity index (χ0) is 15.9. The number of thiophene rings is 1. The second-order valence-electron chi connectivity index (χ2n) is 4.81. The standard InChI is InChI=1S/C16H19N3O2S/c1-2-19(11-14-4-3-9-22-14)15(20)13-7-5-12(6-8-13)10-18-16(17)21/h3-9H,2,10-11H2,1H3,(H3,17,18,21). The minimum atomic E-state index is -0.562. The molecule has 1 aromatic carbocycles. The Morgan fingerprint density at radius 1 is 1.23 bits per heavy atom. The van der Waals surface area contributed by atoms with E-state index in [0.29, 0.717) is 25.2 Å². The largest absolute Gasteiger partial charge is 0.352 e. The monoisotopic (exact) mass is 317 g/mol. The molecule has 2 rings (SSSR count). The fraction of sp³-hybridized carbons (Fsp3) is 0.250. The lowest BCUT2D eigenvalue weighted by molar-refractivity contribution is 0.0754. The SMILES string of the molecule is CCN(Cc1cccs1)C(=O)c1ccc(CNC(N)=O)cc1. The Balaban J connectivity index is 2.02. The van der Waals surface area contributed by atoms with E-state index in [1.807, 2.05) is 41.5 Å². The van der Waals surface area contributed by atoms with E-state index in [1.54, 1.807) is 23.5 Å². The predicted octanol–water partition coefficient (Wildman–Crippen LogP) is 2.58. The van der Waals surface area contributed by atoms with E-state index in [1.165, 1.54) is 0 Å². The van der Waals surface area contributed by atoms with Gasteiger partial charge in [-0.15, -0.1) is 11.3 Å². The molecular weight excluding hydrogens is 298 g/mol. The molecule has 0 aliphatic carbocycles. The predicted molar refractivity (Wildman–Crippen MR) is 87.6 cm³/mol. The molecule has 0 saturated carbocycles. The first-order valence-corrected chi connectivity index (χ1v) is 7.92. The number of amides is 3. The molecule has 0 radical (unpaired) electrons. The van der Waals surface area contributed by atoms with Crippen LogP contribution >= 0.6 is 11.3 Å². The highest BCUT2D eigenvalue weighted by Gasteiger charge is 2.14. The fourth-order valence-corrected chi connectivity index (χ4v) is 2.77. The number of urea groups is 1. The molecule has 0 unspecified atom stereocenters. The maximum Gasteiger partial charge on any atom is 0.312 e. The van der Waals surface area contributed by atoms with Crippen molar-refractivity contribution in [3.63, 3.8) is 0 Å². The first-order chi connectivity index (χ1) is 10.6. The van der Waals surface area contributed by atoms with Gasteiger partial charge in [0, 0.05) is 23.5 Å². The van der Waals surface area contributed by atoms with Crippen molar-refractivity contribution >= 4 is 23.3 Å². The van der Waals surface area contributed by atoms with Crippen LogP contribution in [-0.2, 0) is 13.1 Å². The number of rotatable bonds is 6. The molecule has 3 amide bonds. The molecule has 0 saturated heterocycles. The van der Waals surface area contributed by atoms with Crippen molar-refractivity contribution in [3.05, 3.63) is 57.8 Å². The summed E-state index contributed by atoms with van der Waals surface area (Å²) in [5.74, 6) is 0.00492. The van der Waals surface area contributed by atoms with Crippen molar-refractivity contribution < 1.29 is 9.59 Å². The summed E-state index contributed by atoms with van der Waals surface area (Å²) in [5.41, 5.74) is 6.57. The van der Waals surface area contributed by atoms with Crippen LogP contribution in [0, 0.1) is 0 Å². The number of carbonyl (C=O) groups excluding carboxylic acids is 2. The van der Waals surface area contributed by atoms with Crippen LogP contribution < -0.4 is 11.1 Å². The second-order valence-corrected chi connectivity index (χ2v) is 5.85. The summed E-state index contributed by atoms with van der Waals surface area (Å²) in [6.45, 7) is 3.60. The third-order valence-electron chi connectivity index (χ3n) is 3.26. The second kappa shape index (κ2) is 7.61. The third kappa shape index (κ3) is 4.33. The van der Waals surface area contributed by atoms with Gasteiger partial charge in [-0.1, -0.05) is 18.2 Å². The highest BCUT2D eigenvalue weighted by Crippen LogP contribution is 2.15. The summed E-state index contributed by atoms with van der Waals surface area (Å²) in [4.78, 5) is 26.2. The van der Waals surface area contributed by atoms with Crippen LogP contribution in [0.25, 0.3) is 0 Å². The van der Waals surface area contributed by atoms with Gasteiger partial charge >= 0.3 is 6.03 Å². The van der Waals surface area contributed by atoms with Gasteiger partial charge in [-0.05, 0) is 36.1 Å². The Labute approximate surface area is 133 Å².